The molecule has 0 aliphatic carbocycles. The van der Waals surface area contributed by atoms with Gasteiger partial charge in [0.2, 0.25) is 0 Å². The molecule has 0 heterocycles. The number of methoxy groups -OCH3 is 1. The van der Waals surface area contributed by atoms with E-state index in [-0.39, 0.29) is 23.2 Å². The van der Waals surface area contributed by atoms with Gasteiger partial charge in [0.1, 0.15) is 0 Å². The standard InChI is InChI=1S/C12H15BrN2O4/c1-8(7-19-3)14(2)12(16)10-6-9(15(17)18)4-5-11(10)13/h4-6,8H,7H2,1-3H3. The molecule has 1 aromatic rings. The maximum absolute atomic E-state index is 12.3. The zero-order valence-electron chi connectivity index (χ0n) is 10.9. The van der Waals surface area contributed by atoms with E-state index in [0.29, 0.717) is 11.1 Å². The summed E-state index contributed by atoms with van der Waals surface area (Å²) < 4.78 is 5.52. The van der Waals surface area contributed by atoms with Gasteiger partial charge in [-0.15, -0.1) is 0 Å². The van der Waals surface area contributed by atoms with Gasteiger partial charge < -0.3 is 9.64 Å². The first-order valence-electron chi connectivity index (χ1n) is 5.58. The van der Waals surface area contributed by atoms with E-state index in [1.165, 1.54) is 23.1 Å². The number of rotatable bonds is 5. The molecule has 1 amide bonds. The Bertz CT molecular complexity index is 493. The van der Waals surface area contributed by atoms with Gasteiger partial charge in [-0.3, -0.25) is 14.9 Å². The van der Waals surface area contributed by atoms with E-state index >= 15 is 0 Å². The molecule has 0 saturated heterocycles. The zero-order valence-corrected chi connectivity index (χ0v) is 12.5. The molecule has 0 aromatic heterocycles. The van der Waals surface area contributed by atoms with Crippen LogP contribution in [0.4, 0.5) is 5.69 Å². The molecule has 0 aliphatic rings. The highest BCUT2D eigenvalue weighted by atomic mass is 79.9. The number of ether oxygens (including phenoxy) is 1. The number of carbonyl (C=O) groups is 1. The molecular weight excluding hydrogens is 316 g/mol. The largest absolute Gasteiger partial charge is 0.383 e. The van der Waals surface area contributed by atoms with E-state index < -0.39 is 4.92 Å². The summed E-state index contributed by atoms with van der Waals surface area (Å²) in [6, 6.07) is 3.99. The van der Waals surface area contributed by atoms with E-state index in [2.05, 4.69) is 15.9 Å². The second-order valence-corrected chi connectivity index (χ2v) is 5.00. The molecule has 19 heavy (non-hydrogen) atoms. The number of nitrogens with zero attached hydrogens (tertiary/aromatic N) is 2. The Morgan fingerprint density at radius 2 is 2.21 bits per heavy atom. The van der Waals surface area contributed by atoms with Crippen LogP contribution in [0, 0.1) is 10.1 Å². The second kappa shape index (κ2) is 6.63. The summed E-state index contributed by atoms with van der Waals surface area (Å²) >= 11 is 3.24. The van der Waals surface area contributed by atoms with Crippen LogP contribution in [0.2, 0.25) is 0 Å². The van der Waals surface area contributed by atoms with Gasteiger partial charge in [0.05, 0.1) is 23.1 Å². The lowest BCUT2D eigenvalue weighted by molar-refractivity contribution is -0.384. The van der Waals surface area contributed by atoms with Crippen molar-refractivity contribution in [2.75, 3.05) is 20.8 Å². The fourth-order valence-electron chi connectivity index (χ4n) is 1.53. The van der Waals surface area contributed by atoms with Crippen LogP contribution in [-0.4, -0.2) is 42.5 Å². The van der Waals surface area contributed by atoms with Gasteiger partial charge in [0.15, 0.2) is 0 Å². The average molecular weight is 331 g/mol. The molecule has 1 unspecified atom stereocenters. The van der Waals surface area contributed by atoms with E-state index in [1.54, 1.807) is 14.2 Å². The SMILES string of the molecule is COCC(C)N(C)C(=O)c1cc([N+](=O)[O-])ccc1Br. The van der Waals surface area contributed by atoms with Crippen molar-refractivity contribution in [3.8, 4) is 0 Å². The molecule has 1 rings (SSSR count). The van der Waals surface area contributed by atoms with Crippen LogP contribution in [-0.2, 0) is 4.74 Å². The fraction of sp³-hybridized carbons (Fsp3) is 0.417. The molecule has 0 aliphatic heterocycles. The summed E-state index contributed by atoms with van der Waals surface area (Å²) in [4.78, 5) is 24.0. The zero-order chi connectivity index (χ0) is 14.6. The van der Waals surface area contributed by atoms with Crippen molar-refractivity contribution in [1.82, 2.24) is 4.90 Å². The molecule has 0 N–H and O–H groups in total. The Hall–Kier alpha value is -1.47. The summed E-state index contributed by atoms with van der Waals surface area (Å²) in [5.41, 5.74) is 0.152. The van der Waals surface area contributed by atoms with E-state index in [9.17, 15) is 14.9 Å². The van der Waals surface area contributed by atoms with Gasteiger partial charge in [0.25, 0.3) is 11.6 Å². The van der Waals surface area contributed by atoms with E-state index in [0.717, 1.165) is 0 Å². The van der Waals surface area contributed by atoms with Crippen molar-refractivity contribution in [2.24, 2.45) is 0 Å². The molecule has 0 radical (unpaired) electrons. The number of hydrogen-bond acceptors (Lipinski definition) is 4. The molecule has 1 atom stereocenters. The summed E-state index contributed by atoms with van der Waals surface area (Å²) in [5.74, 6) is -0.292. The lowest BCUT2D eigenvalue weighted by Crippen LogP contribution is -2.38. The number of nitro benzene ring substituents is 1. The first-order chi connectivity index (χ1) is 8.88. The molecule has 6 nitrogen and oxygen atoms in total. The number of hydrogen-bond donors (Lipinski definition) is 0. The minimum Gasteiger partial charge on any atom is -0.383 e. The Kier molecular flexibility index (Phi) is 5.44. The van der Waals surface area contributed by atoms with Crippen molar-refractivity contribution in [3.63, 3.8) is 0 Å². The van der Waals surface area contributed by atoms with Gasteiger partial charge in [-0.1, -0.05) is 0 Å². The molecular formula is C12H15BrN2O4. The van der Waals surface area contributed by atoms with E-state index in [4.69, 9.17) is 4.74 Å². The van der Waals surface area contributed by atoms with Crippen LogP contribution in [0.25, 0.3) is 0 Å². The lowest BCUT2D eigenvalue weighted by Gasteiger charge is -2.24. The molecule has 0 saturated carbocycles. The van der Waals surface area contributed by atoms with Crippen LogP contribution in [0.1, 0.15) is 17.3 Å². The lowest BCUT2D eigenvalue weighted by atomic mass is 10.1. The molecule has 0 bridgehead atoms. The number of nitro groups is 1. The van der Waals surface area contributed by atoms with Crippen LogP contribution < -0.4 is 0 Å². The van der Waals surface area contributed by atoms with Crippen molar-refractivity contribution in [1.29, 1.82) is 0 Å². The Morgan fingerprint density at radius 1 is 1.58 bits per heavy atom. The third-order valence-electron chi connectivity index (χ3n) is 2.78. The normalized spacial score (nSPS) is 12.0. The fourth-order valence-corrected chi connectivity index (χ4v) is 1.95. The van der Waals surface area contributed by atoms with Crippen LogP contribution in [0.3, 0.4) is 0 Å². The maximum Gasteiger partial charge on any atom is 0.270 e. The predicted octanol–water partition coefficient (Wildman–Crippen LogP) is 2.46. The van der Waals surface area contributed by atoms with Gasteiger partial charge in [-0.25, -0.2) is 0 Å². The molecule has 1 aromatic carbocycles. The third-order valence-corrected chi connectivity index (χ3v) is 3.47. The van der Waals surface area contributed by atoms with Crippen molar-refractivity contribution < 1.29 is 14.5 Å². The summed E-state index contributed by atoms with van der Waals surface area (Å²) in [6.07, 6.45) is 0. The van der Waals surface area contributed by atoms with Crippen LogP contribution in [0.5, 0.6) is 0 Å². The number of halogens is 1. The van der Waals surface area contributed by atoms with Crippen LogP contribution >= 0.6 is 15.9 Å². The number of non-ortho nitro benzene ring substituents is 1. The second-order valence-electron chi connectivity index (χ2n) is 4.14. The Balaban J connectivity index is 3.04. The topological polar surface area (TPSA) is 72.7 Å². The first-order valence-corrected chi connectivity index (χ1v) is 6.37. The average Bonchev–Trinajstić information content (AvgIpc) is 2.37. The third kappa shape index (κ3) is 3.74. The Labute approximate surface area is 119 Å². The summed E-state index contributed by atoms with van der Waals surface area (Å²) in [6.45, 7) is 2.24. The quantitative estimate of drug-likeness (QED) is 0.614. The first kappa shape index (κ1) is 15.6. The number of carbonyl (C=O) groups excluding carboxylic acids is 1. The minimum absolute atomic E-state index is 0.112. The van der Waals surface area contributed by atoms with Crippen molar-refractivity contribution in [2.45, 2.75) is 13.0 Å². The Morgan fingerprint density at radius 3 is 2.74 bits per heavy atom. The smallest absolute Gasteiger partial charge is 0.270 e. The highest BCUT2D eigenvalue weighted by Crippen LogP contribution is 2.24. The maximum atomic E-state index is 12.3. The van der Waals surface area contributed by atoms with Crippen molar-refractivity contribution >= 4 is 27.5 Å². The molecule has 104 valence electrons. The number of amides is 1. The minimum atomic E-state index is -0.526. The highest BCUT2D eigenvalue weighted by molar-refractivity contribution is 9.10. The van der Waals surface area contributed by atoms with Gasteiger partial charge in [0, 0.05) is 30.8 Å². The van der Waals surface area contributed by atoms with Gasteiger partial charge >= 0.3 is 0 Å². The number of likely N-dealkylation sites (N-methyl/N-ethyl adjacent to an activating group) is 1. The van der Waals surface area contributed by atoms with Gasteiger partial charge in [-0.2, -0.15) is 0 Å². The molecule has 0 fully saturated rings. The van der Waals surface area contributed by atoms with Crippen LogP contribution in [0.15, 0.2) is 22.7 Å². The number of benzene rings is 1. The predicted molar refractivity (Wildman–Crippen MR) is 74.2 cm³/mol. The summed E-state index contributed by atoms with van der Waals surface area (Å²) in [7, 11) is 3.19. The van der Waals surface area contributed by atoms with E-state index in [1.807, 2.05) is 6.92 Å². The van der Waals surface area contributed by atoms with Gasteiger partial charge in [-0.05, 0) is 28.9 Å². The molecule has 0 spiro atoms. The monoisotopic (exact) mass is 330 g/mol. The molecule has 7 heteroatoms. The summed E-state index contributed by atoms with van der Waals surface area (Å²) in [5, 5.41) is 10.7. The van der Waals surface area contributed by atoms with Crippen molar-refractivity contribution in [3.05, 3.63) is 38.3 Å². The highest BCUT2D eigenvalue weighted by Gasteiger charge is 2.21.